The number of amides is 1. The number of piperidine rings is 1. The van der Waals surface area contributed by atoms with E-state index in [1.165, 1.54) is 0 Å². The van der Waals surface area contributed by atoms with Crippen molar-refractivity contribution in [3.8, 4) is 0 Å². The summed E-state index contributed by atoms with van der Waals surface area (Å²) in [5, 5.41) is 0. The summed E-state index contributed by atoms with van der Waals surface area (Å²) in [5.41, 5.74) is 0. The lowest BCUT2D eigenvalue weighted by atomic mass is 9.96. The summed E-state index contributed by atoms with van der Waals surface area (Å²) >= 11 is 0. The van der Waals surface area contributed by atoms with Gasteiger partial charge in [-0.25, -0.2) is 4.39 Å². The molecule has 1 amide bonds. The molecule has 0 aromatic carbocycles. The number of hydrogen-bond acceptors (Lipinski definition) is 1. The lowest BCUT2D eigenvalue weighted by Crippen LogP contribution is -2.48. The third-order valence-corrected chi connectivity index (χ3v) is 2.43. The zero-order valence-corrected chi connectivity index (χ0v) is 7.88. The molecular weight excluding hydrogens is 157 g/mol. The summed E-state index contributed by atoms with van der Waals surface area (Å²) in [7, 11) is 0. The van der Waals surface area contributed by atoms with Crippen LogP contribution in [0.15, 0.2) is 0 Å². The van der Waals surface area contributed by atoms with Gasteiger partial charge in [0.1, 0.15) is 6.17 Å². The number of carbonyl (C=O) groups excluding carboxylic acids is 1. The summed E-state index contributed by atoms with van der Waals surface area (Å²) in [5.74, 6) is -0.0149. The Kier molecular flexibility index (Phi) is 2.70. The van der Waals surface area contributed by atoms with E-state index in [1.54, 1.807) is 11.8 Å². The van der Waals surface area contributed by atoms with Crippen molar-refractivity contribution in [2.75, 3.05) is 6.54 Å². The summed E-state index contributed by atoms with van der Waals surface area (Å²) in [6.07, 6.45) is -0.482. The molecule has 0 aromatic rings. The van der Waals surface area contributed by atoms with Gasteiger partial charge in [0.25, 0.3) is 0 Å². The number of nitrogens with zero attached hydrogens (tertiary/aromatic N) is 1. The Morgan fingerprint density at radius 1 is 1.58 bits per heavy atom. The first kappa shape index (κ1) is 9.49. The van der Waals surface area contributed by atoms with Gasteiger partial charge < -0.3 is 4.90 Å². The standard InChI is InChI=1S/C9H16FNO/c1-6(2)11-5-8(10)7(3)4-9(11)12/h6-8H,4-5H2,1-3H3. The van der Waals surface area contributed by atoms with E-state index in [1.807, 2.05) is 13.8 Å². The monoisotopic (exact) mass is 173 g/mol. The van der Waals surface area contributed by atoms with Crippen molar-refractivity contribution in [3.63, 3.8) is 0 Å². The maximum absolute atomic E-state index is 13.2. The Bertz CT molecular complexity index is 181. The van der Waals surface area contributed by atoms with Crippen LogP contribution in [0.1, 0.15) is 27.2 Å². The number of hydrogen-bond donors (Lipinski definition) is 0. The van der Waals surface area contributed by atoms with Crippen molar-refractivity contribution >= 4 is 5.91 Å². The van der Waals surface area contributed by atoms with Crippen LogP contribution in [-0.2, 0) is 4.79 Å². The first-order chi connectivity index (χ1) is 5.52. The molecule has 0 bridgehead atoms. The van der Waals surface area contributed by atoms with Gasteiger partial charge >= 0.3 is 0 Å². The highest BCUT2D eigenvalue weighted by atomic mass is 19.1. The minimum atomic E-state index is -0.842. The zero-order chi connectivity index (χ0) is 9.30. The van der Waals surface area contributed by atoms with E-state index < -0.39 is 6.17 Å². The van der Waals surface area contributed by atoms with Crippen LogP contribution in [-0.4, -0.2) is 29.6 Å². The average Bonchev–Trinajstić information content (AvgIpc) is 1.96. The normalized spacial score (nSPS) is 31.4. The fourth-order valence-electron chi connectivity index (χ4n) is 1.49. The molecule has 1 saturated heterocycles. The minimum Gasteiger partial charge on any atom is -0.337 e. The Morgan fingerprint density at radius 3 is 2.67 bits per heavy atom. The molecule has 0 aliphatic carbocycles. The maximum Gasteiger partial charge on any atom is 0.223 e. The highest BCUT2D eigenvalue weighted by Crippen LogP contribution is 2.22. The zero-order valence-electron chi connectivity index (χ0n) is 7.88. The van der Waals surface area contributed by atoms with Gasteiger partial charge in [0.05, 0.1) is 6.54 Å². The van der Waals surface area contributed by atoms with Gasteiger partial charge in [-0.05, 0) is 19.8 Å². The molecule has 3 heteroatoms. The van der Waals surface area contributed by atoms with Gasteiger partial charge in [-0.3, -0.25) is 4.79 Å². The second-order valence-corrected chi connectivity index (χ2v) is 3.84. The molecule has 0 aromatic heterocycles. The van der Waals surface area contributed by atoms with Crippen LogP contribution >= 0.6 is 0 Å². The van der Waals surface area contributed by atoms with Gasteiger partial charge in [-0.1, -0.05) is 6.92 Å². The first-order valence-electron chi connectivity index (χ1n) is 4.46. The largest absolute Gasteiger partial charge is 0.337 e. The lowest BCUT2D eigenvalue weighted by Gasteiger charge is -2.35. The van der Waals surface area contributed by atoms with E-state index in [-0.39, 0.29) is 24.4 Å². The maximum atomic E-state index is 13.2. The molecule has 0 saturated carbocycles. The van der Waals surface area contributed by atoms with Gasteiger partial charge in [-0.2, -0.15) is 0 Å². The molecule has 1 rings (SSSR count). The highest BCUT2D eigenvalue weighted by Gasteiger charge is 2.32. The number of carbonyl (C=O) groups is 1. The quantitative estimate of drug-likeness (QED) is 0.589. The average molecular weight is 173 g/mol. The van der Waals surface area contributed by atoms with Gasteiger partial charge in [0.15, 0.2) is 0 Å². The molecule has 2 nitrogen and oxygen atoms in total. The highest BCUT2D eigenvalue weighted by molar-refractivity contribution is 5.77. The smallest absolute Gasteiger partial charge is 0.223 e. The van der Waals surface area contributed by atoms with Crippen LogP contribution < -0.4 is 0 Å². The SMILES string of the molecule is CC1CC(=O)N(C(C)C)CC1F. The molecule has 1 heterocycles. The molecular formula is C9H16FNO. The Hall–Kier alpha value is -0.600. The molecule has 2 unspecified atom stereocenters. The van der Waals surface area contributed by atoms with Gasteiger partial charge in [-0.15, -0.1) is 0 Å². The molecule has 1 aliphatic heterocycles. The lowest BCUT2D eigenvalue weighted by molar-refractivity contribution is -0.139. The van der Waals surface area contributed by atoms with Crippen molar-refractivity contribution in [3.05, 3.63) is 0 Å². The number of halogens is 1. The molecule has 1 aliphatic rings. The van der Waals surface area contributed by atoms with Gasteiger partial charge in [0, 0.05) is 12.5 Å². The van der Waals surface area contributed by atoms with Crippen molar-refractivity contribution in [1.29, 1.82) is 0 Å². The van der Waals surface area contributed by atoms with E-state index in [4.69, 9.17) is 0 Å². The first-order valence-corrected chi connectivity index (χ1v) is 4.46. The van der Waals surface area contributed by atoms with E-state index in [9.17, 15) is 9.18 Å². The third-order valence-electron chi connectivity index (χ3n) is 2.43. The van der Waals surface area contributed by atoms with Crippen LogP contribution in [0.5, 0.6) is 0 Å². The van der Waals surface area contributed by atoms with E-state index in [2.05, 4.69) is 0 Å². The second-order valence-electron chi connectivity index (χ2n) is 3.84. The van der Waals surface area contributed by atoms with Crippen LogP contribution in [0, 0.1) is 5.92 Å². The second kappa shape index (κ2) is 3.42. The fraction of sp³-hybridized carbons (Fsp3) is 0.889. The molecule has 0 radical (unpaired) electrons. The van der Waals surface area contributed by atoms with Crippen molar-refractivity contribution in [1.82, 2.24) is 4.90 Å². The van der Waals surface area contributed by atoms with Crippen LogP contribution in [0.3, 0.4) is 0 Å². The fourth-order valence-corrected chi connectivity index (χ4v) is 1.49. The van der Waals surface area contributed by atoms with Crippen molar-refractivity contribution < 1.29 is 9.18 Å². The van der Waals surface area contributed by atoms with Gasteiger partial charge in [0.2, 0.25) is 5.91 Å². The molecule has 1 fully saturated rings. The number of alkyl halides is 1. The molecule has 70 valence electrons. The van der Waals surface area contributed by atoms with E-state index in [0.717, 1.165) is 0 Å². The Labute approximate surface area is 72.7 Å². The van der Waals surface area contributed by atoms with Crippen LogP contribution in [0.25, 0.3) is 0 Å². The predicted molar refractivity (Wildman–Crippen MR) is 45.5 cm³/mol. The van der Waals surface area contributed by atoms with E-state index in [0.29, 0.717) is 6.42 Å². The minimum absolute atomic E-state index is 0.0893. The number of rotatable bonds is 1. The summed E-state index contributed by atoms with van der Waals surface area (Å²) < 4.78 is 13.2. The molecule has 0 N–H and O–H groups in total. The van der Waals surface area contributed by atoms with Crippen molar-refractivity contribution in [2.24, 2.45) is 5.92 Å². The summed E-state index contributed by atoms with van der Waals surface area (Å²) in [6, 6.07) is 0.128. The van der Waals surface area contributed by atoms with E-state index >= 15 is 0 Å². The van der Waals surface area contributed by atoms with Crippen LogP contribution in [0.2, 0.25) is 0 Å². The van der Waals surface area contributed by atoms with Crippen LogP contribution in [0.4, 0.5) is 4.39 Å². The summed E-state index contributed by atoms with van der Waals surface area (Å²) in [4.78, 5) is 13.0. The summed E-state index contributed by atoms with van der Waals surface area (Å²) in [6.45, 7) is 5.90. The Balaban J connectivity index is 2.62. The third kappa shape index (κ3) is 1.76. The number of likely N-dealkylation sites (tertiary alicyclic amines) is 1. The molecule has 12 heavy (non-hydrogen) atoms. The van der Waals surface area contributed by atoms with Crippen molar-refractivity contribution in [2.45, 2.75) is 39.4 Å². The topological polar surface area (TPSA) is 20.3 Å². The molecule has 0 spiro atoms. The molecule has 2 atom stereocenters. The predicted octanol–water partition coefficient (Wildman–Crippen LogP) is 1.60. The Morgan fingerprint density at radius 2 is 2.17 bits per heavy atom.